The van der Waals surface area contributed by atoms with E-state index >= 15 is 0 Å². The molecule has 6 rings (SSSR count). The molecule has 9 heteroatoms. The average molecular weight is 448 g/mol. The Hall–Kier alpha value is -3.91. The van der Waals surface area contributed by atoms with Crippen LogP contribution in [0.15, 0.2) is 65.9 Å². The van der Waals surface area contributed by atoms with Crippen molar-refractivity contribution in [1.29, 1.82) is 0 Å². The lowest BCUT2D eigenvalue weighted by Crippen LogP contribution is -2.30. The molecule has 0 amide bonds. The predicted octanol–water partition coefficient (Wildman–Crippen LogP) is 4.59. The predicted molar refractivity (Wildman–Crippen MR) is 114 cm³/mol. The first kappa shape index (κ1) is 18.8. The van der Waals surface area contributed by atoms with Crippen LogP contribution >= 0.6 is 11.6 Å². The first-order valence-electron chi connectivity index (χ1n) is 9.60. The number of nitrogens with zero attached hydrogens (tertiary/aromatic N) is 4. The molecule has 3 aromatic heterocycles. The van der Waals surface area contributed by atoms with Crippen LogP contribution in [-0.2, 0) is 5.54 Å². The average Bonchev–Trinajstić information content (AvgIpc) is 3.08. The minimum absolute atomic E-state index is 0.0618. The van der Waals surface area contributed by atoms with E-state index < -0.39 is 17.4 Å². The van der Waals surface area contributed by atoms with Crippen molar-refractivity contribution in [3.63, 3.8) is 0 Å². The van der Waals surface area contributed by atoms with Gasteiger partial charge in [-0.2, -0.15) is 8.78 Å². The van der Waals surface area contributed by atoms with E-state index in [0.29, 0.717) is 39.3 Å². The summed E-state index contributed by atoms with van der Waals surface area (Å²) in [6.45, 7) is 0. The molecule has 0 aliphatic carbocycles. The van der Waals surface area contributed by atoms with E-state index in [9.17, 15) is 8.78 Å². The molecule has 0 saturated heterocycles. The second-order valence-corrected chi connectivity index (χ2v) is 7.76. The number of aromatic nitrogens is 3. The number of benzene rings is 1. The molecular weight excluding hydrogens is 436 g/mol. The van der Waals surface area contributed by atoms with Gasteiger partial charge in [-0.3, -0.25) is 4.98 Å². The van der Waals surface area contributed by atoms with E-state index in [1.807, 2.05) is 6.07 Å². The fraction of sp³-hybridized carbons (Fsp3) is 0.0435. The van der Waals surface area contributed by atoms with Gasteiger partial charge in [0.25, 0.3) is 5.95 Å². The lowest BCUT2D eigenvalue weighted by molar-refractivity contribution is 0.385. The molecule has 1 atom stereocenters. The lowest BCUT2D eigenvalue weighted by atomic mass is 9.76. The molecule has 1 unspecified atom stereocenters. The van der Waals surface area contributed by atoms with Gasteiger partial charge in [0.05, 0.1) is 0 Å². The summed E-state index contributed by atoms with van der Waals surface area (Å²) in [6.07, 6.45) is 2.97. The number of ether oxygens (including phenoxy) is 1. The molecule has 1 aromatic carbocycles. The van der Waals surface area contributed by atoms with Crippen molar-refractivity contribution in [3.05, 3.63) is 100 Å². The molecule has 2 aliphatic rings. The molecule has 0 saturated carbocycles. The Labute approximate surface area is 185 Å². The number of halogens is 3. The van der Waals surface area contributed by atoms with Crippen molar-refractivity contribution in [3.8, 4) is 22.6 Å². The Bertz CT molecular complexity index is 1470. The van der Waals surface area contributed by atoms with E-state index in [1.165, 1.54) is 12.3 Å². The largest absolute Gasteiger partial charge is 0.452 e. The second-order valence-electron chi connectivity index (χ2n) is 7.37. The quantitative estimate of drug-likeness (QED) is 0.431. The lowest BCUT2D eigenvalue weighted by Gasteiger charge is -2.35. The van der Waals surface area contributed by atoms with Gasteiger partial charge in [0.2, 0.25) is 5.95 Å². The minimum Gasteiger partial charge on any atom is -0.452 e. The van der Waals surface area contributed by atoms with Crippen LogP contribution in [0, 0.1) is 11.9 Å². The maximum absolute atomic E-state index is 14.9. The summed E-state index contributed by atoms with van der Waals surface area (Å²) in [4.78, 5) is 16.5. The standard InChI is InChI=1S/C23H12ClF2N5O/c24-17-10-15-19(21(26)30-17)32-16-6-5-11(12-3-1-8-29-20(12)25)9-14(16)23(15)13-4-2-7-28-18(13)22(27)31-23/h1-10H,(H2,27,31). The van der Waals surface area contributed by atoms with Crippen molar-refractivity contribution in [1.82, 2.24) is 15.0 Å². The number of pyridine rings is 3. The van der Waals surface area contributed by atoms with E-state index in [4.69, 9.17) is 27.1 Å². The van der Waals surface area contributed by atoms with Crippen molar-refractivity contribution in [2.75, 3.05) is 0 Å². The molecule has 2 aliphatic heterocycles. The highest BCUT2D eigenvalue weighted by Crippen LogP contribution is 2.56. The zero-order valence-corrected chi connectivity index (χ0v) is 16.9. The highest BCUT2D eigenvalue weighted by atomic mass is 35.5. The van der Waals surface area contributed by atoms with E-state index in [1.54, 1.807) is 42.6 Å². The Balaban J connectivity index is 1.72. The van der Waals surface area contributed by atoms with Crippen LogP contribution < -0.4 is 10.5 Å². The number of fused-ring (bicyclic) bond motifs is 6. The van der Waals surface area contributed by atoms with Gasteiger partial charge < -0.3 is 10.5 Å². The maximum Gasteiger partial charge on any atom is 0.257 e. The summed E-state index contributed by atoms with van der Waals surface area (Å²) in [5.41, 5.74) is 7.79. The molecule has 32 heavy (non-hydrogen) atoms. The number of hydrogen-bond donors (Lipinski definition) is 1. The monoisotopic (exact) mass is 447 g/mol. The van der Waals surface area contributed by atoms with Crippen molar-refractivity contribution in [2.45, 2.75) is 5.54 Å². The highest BCUT2D eigenvalue weighted by Gasteiger charge is 2.50. The number of amidine groups is 1. The number of aliphatic imine (C=N–C) groups is 1. The number of nitrogens with two attached hydrogens (primary N) is 1. The fourth-order valence-corrected chi connectivity index (χ4v) is 4.55. The Morgan fingerprint density at radius 3 is 2.56 bits per heavy atom. The van der Waals surface area contributed by atoms with Gasteiger partial charge >= 0.3 is 0 Å². The SMILES string of the molecule is NC1=NC2(c3cc(-c4cccnc4F)ccc3Oc3c2cc(Cl)nc3F)c2cccnc21. The number of hydrogen-bond acceptors (Lipinski definition) is 6. The molecule has 5 heterocycles. The smallest absolute Gasteiger partial charge is 0.257 e. The van der Waals surface area contributed by atoms with Gasteiger partial charge in [-0.05, 0) is 42.0 Å². The molecular formula is C23H12ClF2N5O. The van der Waals surface area contributed by atoms with Gasteiger partial charge in [-0.25, -0.2) is 15.0 Å². The summed E-state index contributed by atoms with van der Waals surface area (Å²) in [5.74, 6) is -1.07. The maximum atomic E-state index is 14.9. The molecule has 156 valence electrons. The van der Waals surface area contributed by atoms with E-state index in [-0.39, 0.29) is 16.7 Å². The summed E-state index contributed by atoms with van der Waals surface area (Å²) >= 11 is 6.12. The minimum atomic E-state index is -1.29. The van der Waals surface area contributed by atoms with E-state index in [2.05, 4.69) is 15.0 Å². The van der Waals surface area contributed by atoms with Gasteiger partial charge in [0, 0.05) is 34.6 Å². The van der Waals surface area contributed by atoms with Crippen LogP contribution in [0.4, 0.5) is 8.78 Å². The zero-order chi connectivity index (χ0) is 22.0. The summed E-state index contributed by atoms with van der Waals surface area (Å²) in [7, 11) is 0. The van der Waals surface area contributed by atoms with E-state index in [0.717, 1.165) is 0 Å². The zero-order valence-electron chi connectivity index (χ0n) is 16.2. The normalized spacial score (nSPS) is 17.9. The first-order valence-corrected chi connectivity index (χ1v) is 9.98. The van der Waals surface area contributed by atoms with Gasteiger partial charge in [0.1, 0.15) is 28.0 Å². The summed E-state index contributed by atoms with van der Waals surface area (Å²) in [6, 6.07) is 13.4. The Kier molecular flexibility index (Phi) is 3.85. The molecule has 0 fully saturated rings. The van der Waals surface area contributed by atoms with Crippen LogP contribution in [0.2, 0.25) is 5.15 Å². The van der Waals surface area contributed by atoms with Crippen LogP contribution in [0.1, 0.15) is 22.4 Å². The molecule has 4 aromatic rings. The van der Waals surface area contributed by atoms with Gasteiger partial charge in [-0.1, -0.05) is 23.7 Å². The molecule has 2 N–H and O–H groups in total. The van der Waals surface area contributed by atoms with Crippen molar-refractivity contribution < 1.29 is 13.5 Å². The van der Waals surface area contributed by atoms with Crippen LogP contribution in [0.3, 0.4) is 0 Å². The molecule has 0 radical (unpaired) electrons. The Morgan fingerprint density at radius 2 is 1.72 bits per heavy atom. The van der Waals surface area contributed by atoms with Crippen molar-refractivity contribution >= 4 is 17.4 Å². The number of rotatable bonds is 1. The summed E-state index contributed by atoms with van der Waals surface area (Å²) in [5, 5.41) is -0.0618. The van der Waals surface area contributed by atoms with Crippen LogP contribution in [0.5, 0.6) is 11.5 Å². The first-order chi connectivity index (χ1) is 15.5. The van der Waals surface area contributed by atoms with Crippen LogP contribution in [0.25, 0.3) is 11.1 Å². The third kappa shape index (κ3) is 2.44. The fourth-order valence-electron chi connectivity index (χ4n) is 4.37. The van der Waals surface area contributed by atoms with Crippen LogP contribution in [-0.4, -0.2) is 20.8 Å². The Morgan fingerprint density at radius 1 is 0.906 bits per heavy atom. The third-order valence-electron chi connectivity index (χ3n) is 5.67. The molecule has 0 bridgehead atoms. The van der Waals surface area contributed by atoms with Gasteiger partial charge in [-0.15, -0.1) is 0 Å². The van der Waals surface area contributed by atoms with Crippen molar-refractivity contribution in [2.24, 2.45) is 10.7 Å². The van der Waals surface area contributed by atoms with Gasteiger partial charge in [0.15, 0.2) is 5.75 Å². The second kappa shape index (κ2) is 6.54. The topological polar surface area (TPSA) is 86.3 Å². The molecule has 1 spiro atoms. The summed E-state index contributed by atoms with van der Waals surface area (Å²) < 4.78 is 35.2. The third-order valence-corrected chi connectivity index (χ3v) is 5.86. The molecule has 6 nitrogen and oxygen atoms in total. The highest BCUT2D eigenvalue weighted by molar-refractivity contribution is 6.29.